The van der Waals surface area contributed by atoms with Gasteiger partial charge in [0.25, 0.3) is 0 Å². The standard InChI is InChI=1S/C13H7BrClFN2S/c14-7-1-2-11-12(3-7)19-13(18-11)17-10-5-8(15)4-9(16)6-10/h1-6H,(H,17,18). The van der Waals surface area contributed by atoms with Crippen LogP contribution in [0.3, 0.4) is 0 Å². The third kappa shape index (κ3) is 2.88. The fraction of sp³-hybridized carbons (Fsp3) is 0. The lowest BCUT2D eigenvalue weighted by atomic mass is 10.3. The largest absolute Gasteiger partial charge is 0.331 e. The second kappa shape index (κ2) is 5.07. The van der Waals surface area contributed by atoms with Gasteiger partial charge in [-0.3, -0.25) is 0 Å². The zero-order chi connectivity index (χ0) is 13.4. The minimum atomic E-state index is -0.376. The maximum Gasteiger partial charge on any atom is 0.188 e. The first kappa shape index (κ1) is 12.8. The van der Waals surface area contributed by atoms with Crippen molar-refractivity contribution < 1.29 is 4.39 Å². The van der Waals surface area contributed by atoms with Gasteiger partial charge in [0.15, 0.2) is 5.13 Å². The maximum atomic E-state index is 13.2. The number of anilines is 2. The van der Waals surface area contributed by atoms with Gasteiger partial charge in [-0.05, 0) is 36.4 Å². The molecule has 1 N–H and O–H groups in total. The molecule has 2 nitrogen and oxygen atoms in total. The van der Waals surface area contributed by atoms with Gasteiger partial charge in [-0.1, -0.05) is 38.9 Å². The van der Waals surface area contributed by atoms with Crippen LogP contribution in [0.25, 0.3) is 10.2 Å². The molecule has 96 valence electrons. The number of thiazole rings is 1. The molecule has 0 saturated carbocycles. The van der Waals surface area contributed by atoms with Crippen LogP contribution in [-0.4, -0.2) is 4.98 Å². The molecule has 0 aliphatic carbocycles. The molecule has 1 aromatic heterocycles. The number of halogens is 3. The van der Waals surface area contributed by atoms with Crippen molar-refractivity contribution in [3.05, 3.63) is 51.7 Å². The average molecular weight is 358 g/mol. The van der Waals surface area contributed by atoms with Crippen molar-refractivity contribution in [2.45, 2.75) is 0 Å². The first-order valence-electron chi connectivity index (χ1n) is 5.39. The van der Waals surface area contributed by atoms with Gasteiger partial charge in [0.1, 0.15) is 5.82 Å². The molecule has 0 bridgehead atoms. The molecule has 0 fully saturated rings. The Bertz CT molecular complexity index is 739. The van der Waals surface area contributed by atoms with E-state index in [1.165, 1.54) is 23.5 Å². The minimum Gasteiger partial charge on any atom is -0.331 e. The minimum absolute atomic E-state index is 0.353. The van der Waals surface area contributed by atoms with E-state index in [1.807, 2.05) is 18.2 Å². The Labute approximate surface area is 126 Å². The van der Waals surface area contributed by atoms with Crippen molar-refractivity contribution in [1.29, 1.82) is 0 Å². The highest BCUT2D eigenvalue weighted by molar-refractivity contribution is 9.10. The summed E-state index contributed by atoms with van der Waals surface area (Å²) in [6.07, 6.45) is 0. The van der Waals surface area contributed by atoms with E-state index >= 15 is 0 Å². The number of hydrogen-bond acceptors (Lipinski definition) is 3. The first-order chi connectivity index (χ1) is 9.10. The lowest BCUT2D eigenvalue weighted by Crippen LogP contribution is -1.90. The number of rotatable bonds is 2. The van der Waals surface area contributed by atoms with Crippen LogP contribution in [0.2, 0.25) is 5.02 Å². The molecular formula is C13H7BrClFN2S. The van der Waals surface area contributed by atoms with Crippen LogP contribution in [0.1, 0.15) is 0 Å². The van der Waals surface area contributed by atoms with Crippen molar-refractivity contribution in [2.75, 3.05) is 5.32 Å². The third-order valence-electron chi connectivity index (χ3n) is 2.46. The van der Waals surface area contributed by atoms with Crippen LogP contribution in [0.15, 0.2) is 40.9 Å². The van der Waals surface area contributed by atoms with E-state index in [0.29, 0.717) is 15.8 Å². The Kier molecular flexibility index (Phi) is 3.43. The highest BCUT2D eigenvalue weighted by Gasteiger charge is 2.06. The maximum absolute atomic E-state index is 13.2. The van der Waals surface area contributed by atoms with Gasteiger partial charge in [0, 0.05) is 15.2 Å². The lowest BCUT2D eigenvalue weighted by molar-refractivity contribution is 0.628. The van der Waals surface area contributed by atoms with E-state index in [1.54, 1.807) is 6.07 Å². The fourth-order valence-corrected chi connectivity index (χ4v) is 3.36. The molecule has 2 aromatic carbocycles. The number of nitrogens with zero attached hydrogens (tertiary/aromatic N) is 1. The number of aromatic nitrogens is 1. The van der Waals surface area contributed by atoms with E-state index in [-0.39, 0.29) is 5.82 Å². The molecule has 19 heavy (non-hydrogen) atoms. The number of benzene rings is 2. The van der Waals surface area contributed by atoms with Crippen LogP contribution in [-0.2, 0) is 0 Å². The van der Waals surface area contributed by atoms with E-state index in [9.17, 15) is 4.39 Å². The molecule has 0 atom stereocenters. The van der Waals surface area contributed by atoms with Gasteiger partial charge in [0.2, 0.25) is 0 Å². The highest BCUT2D eigenvalue weighted by Crippen LogP contribution is 2.31. The van der Waals surface area contributed by atoms with Gasteiger partial charge in [-0.25, -0.2) is 9.37 Å². The summed E-state index contributed by atoms with van der Waals surface area (Å²) in [4.78, 5) is 4.43. The summed E-state index contributed by atoms with van der Waals surface area (Å²) >= 11 is 10.7. The molecule has 0 aliphatic rings. The summed E-state index contributed by atoms with van der Waals surface area (Å²) < 4.78 is 15.3. The fourth-order valence-electron chi connectivity index (χ4n) is 1.70. The summed E-state index contributed by atoms with van der Waals surface area (Å²) in [7, 11) is 0. The second-order valence-electron chi connectivity index (χ2n) is 3.91. The molecule has 1 heterocycles. The summed E-state index contributed by atoms with van der Waals surface area (Å²) in [5.74, 6) is -0.376. The SMILES string of the molecule is Fc1cc(Cl)cc(Nc2nc3ccc(Br)cc3s2)c1. The Hall–Kier alpha value is -1.17. The topological polar surface area (TPSA) is 24.9 Å². The lowest BCUT2D eigenvalue weighted by Gasteiger charge is -2.02. The van der Waals surface area contributed by atoms with E-state index in [4.69, 9.17) is 11.6 Å². The van der Waals surface area contributed by atoms with Crippen LogP contribution in [0.4, 0.5) is 15.2 Å². The van der Waals surface area contributed by atoms with Crippen LogP contribution in [0.5, 0.6) is 0 Å². The van der Waals surface area contributed by atoms with Gasteiger partial charge < -0.3 is 5.32 Å². The molecule has 0 saturated heterocycles. The molecule has 6 heteroatoms. The van der Waals surface area contributed by atoms with Gasteiger partial charge >= 0.3 is 0 Å². The van der Waals surface area contributed by atoms with Crippen molar-refractivity contribution in [2.24, 2.45) is 0 Å². The van der Waals surface area contributed by atoms with Gasteiger partial charge in [-0.15, -0.1) is 0 Å². The number of fused-ring (bicyclic) bond motifs is 1. The quantitative estimate of drug-likeness (QED) is 0.646. The van der Waals surface area contributed by atoms with Gasteiger partial charge in [-0.2, -0.15) is 0 Å². The number of hydrogen-bond donors (Lipinski definition) is 1. The van der Waals surface area contributed by atoms with E-state index in [0.717, 1.165) is 14.7 Å². The van der Waals surface area contributed by atoms with Crippen molar-refractivity contribution in [1.82, 2.24) is 4.98 Å². The molecule has 0 amide bonds. The van der Waals surface area contributed by atoms with Crippen LogP contribution < -0.4 is 5.32 Å². The van der Waals surface area contributed by atoms with Crippen molar-refractivity contribution >= 4 is 59.9 Å². The van der Waals surface area contributed by atoms with Crippen LogP contribution in [0, 0.1) is 5.82 Å². The molecule has 3 rings (SSSR count). The summed E-state index contributed by atoms with van der Waals surface area (Å²) in [5.41, 5.74) is 1.49. The van der Waals surface area contributed by atoms with Crippen molar-refractivity contribution in [3.63, 3.8) is 0 Å². The zero-order valence-corrected chi connectivity index (χ0v) is 12.6. The summed E-state index contributed by atoms with van der Waals surface area (Å²) in [6, 6.07) is 10.2. The predicted molar refractivity (Wildman–Crippen MR) is 82.0 cm³/mol. The van der Waals surface area contributed by atoms with Crippen LogP contribution >= 0.6 is 38.9 Å². The molecule has 3 aromatic rings. The molecule has 0 spiro atoms. The van der Waals surface area contributed by atoms with Crippen molar-refractivity contribution in [3.8, 4) is 0 Å². The first-order valence-corrected chi connectivity index (χ1v) is 7.38. The van der Waals surface area contributed by atoms with Gasteiger partial charge in [0.05, 0.1) is 10.2 Å². The molecule has 0 unspecified atom stereocenters. The number of nitrogens with one attached hydrogen (secondary N) is 1. The predicted octanol–water partition coefficient (Wildman–Crippen LogP) is 5.59. The Morgan fingerprint density at radius 3 is 2.84 bits per heavy atom. The molecule has 0 radical (unpaired) electrons. The smallest absolute Gasteiger partial charge is 0.188 e. The Balaban J connectivity index is 1.96. The van der Waals surface area contributed by atoms with E-state index < -0.39 is 0 Å². The average Bonchev–Trinajstić information content (AvgIpc) is 2.68. The Morgan fingerprint density at radius 1 is 1.21 bits per heavy atom. The normalized spacial score (nSPS) is 10.9. The summed E-state index contributed by atoms with van der Waals surface area (Å²) in [6.45, 7) is 0. The Morgan fingerprint density at radius 2 is 2.05 bits per heavy atom. The third-order valence-corrected chi connectivity index (χ3v) is 4.11. The molecule has 0 aliphatic heterocycles. The monoisotopic (exact) mass is 356 g/mol. The second-order valence-corrected chi connectivity index (χ2v) is 6.30. The zero-order valence-electron chi connectivity index (χ0n) is 9.45. The highest BCUT2D eigenvalue weighted by atomic mass is 79.9. The van der Waals surface area contributed by atoms with E-state index in [2.05, 4.69) is 26.2 Å². The summed E-state index contributed by atoms with van der Waals surface area (Å²) in [5, 5.41) is 4.12. The molecular weight excluding hydrogens is 351 g/mol.